The Morgan fingerprint density at radius 2 is 2.33 bits per heavy atom. The van der Waals surface area contributed by atoms with Crippen LogP contribution in [0.3, 0.4) is 0 Å². The highest BCUT2D eigenvalue weighted by molar-refractivity contribution is 8.10. The Labute approximate surface area is 125 Å². The summed E-state index contributed by atoms with van der Waals surface area (Å²) < 4.78 is 4.89. The number of hydrogen-bond donors (Lipinski definition) is 1. The van der Waals surface area contributed by atoms with E-state index in [0.29, 0.717) is 24.1 Å². The highest BCUT2D eigenvalue weighted by Gasteiger charge is 2.27. The van der Waals surface area contributed by atoms with Gasteiger partial charge in [0.25, 0.3) is 11.8 Å². The number of carbonyl (C=O) groups excluding carboxylic acids is 2. The predicted molar refractivity (Wildman–Crippen MR) is 80.1 cm³/mol. The SMILES string of the molecule is COCCNC(=O)c1ccc2c(c1)=NC(=O)C1C=CSC=21. The van der Waals surface area contributed by atoms with Crippen LogP contribution in [0.4, 0.5) is 0 Å². The van der Waals surface area contributed by atoms with Crippen molar-refractivity contribution in [1.82, 2.24) is 5.32 Å². The van der Waals surface area contributed by atoms with Gasteiger partial charge in [-0.1, -0.05) is 12.1 Å². The van der Waals surface area contributed by atoms with Gasteiger partial charge >= 0.3 is 0 Å². The summed E-state index contributed by atoms with van der Waals surface area (Å²) in [5.74, 6) is -0.610. The maximum absolute atomic E-state index is 12.0. The molecule has 0 saturated carbocycles. The van der Waals surface area contributed by atoms with Gasteiger partial charge in [0.2, 0.25) is 0 Å². The van der Waals surface area contributed by atoms with Crippen LogP contribution in [0.1, 0.15) is 10.4 Å². The van der Waals surface area contributed by atoms with Gasteiger partial charge in [0.1, 0.15) is 0 Å². The van der Waals surface area contributed by atoms with Crippen LogP contribution in [0, 0.1) is 5.92 Å². The van der Waals surface area contributed by atoms with E-state index in [4.69, 9.17) is 4.74 Å². The summed E-state index contributed by atoms with van der Waals surface area (Å²) in [6.45, 7) is 0.906. The number of carbonyl (C=O) groups is 2. The van der Waals surface area contributed by atoms with Crippen molar-refractivity contribution in [3.05, 3.63) is 45.8 Å². The van der Waals surface area contributed by atoms with Gasteiger partial charge < -0.3 is 10.1 Å². The second-order valence-electron chi connectivity index (χ2n) is 4.72. The Morgan fingerprint density at radius 3 is 3.14 bits per heavy atom. The summed E-state index contributed by atoms with van der Waals surface area (Å²) in [6.07, 6.45) is 1.86. The van der Waals surface area contributed by atoms with Gasteiger partial charge in [-0.3, -0.25) is 9.59 Å². The van der Waals surface area contributed by atoms with Crippen molar-refractivity contribution in [3.8, 4) is 0 Å². The molecule has 0 aliphatic carbocycles. The summed E-state index contributed by atoms with van der Waals surface area (Å²) >= 11 is 1.54. The zero-order valence-corrected chi connectivity index (χ0v) is 12.3. The van der Waals surface area contributed by atoms with E-state index >= 15 is 0 Å². The Balaban J connectivity index is 1.94. The lowest BCUT2D eigenvalue weighted by Crippen LogP contribution is -2.37. The van der Waals surface area contributed by atoms with Gasteiger partial charge in [0.15, 0.2) is 0 Å². The number of amides is 2. The molecule has 0 fully saturated rings. The van der Waals surface area contributed by atoms with Crippen molar-refractivity contribution in [2.45, 2.75) is 0 Å². The molecule has 2 aliphatic heterocycles. The molecule has 1 unspecified atom stereocenters. The number of rotatable bonds is 4. The van der Waals surface area contributed by atoms with Gasteiger partial charge in [0, 0.05) is 29.3 Å². The third kappa shape index (κ3) is 2.64. The van der Waals surface area contributed by atoms with E-state index in [9.17, 15) is 9.59 Å². The molecular formula is C15H14N2O3S. The number of methoxy groups -OCH3 is 1. The predicted octanol–water partition coefficient (Wildman–Crippen LogP) is 0.208. The first-order valence-electron chi connectivity index (χ1n) is 6.58. The fourth-order valence-electron chi connectivity index (χ4n) is 2.31. The molecule has 1 aromatic rings. The van der Waals surface area contributed by atoms with Crippen LogP contribution in [-0.4, -0.2) is 32.1 Å². The Bertz CT molecular complexity index is 755. The fraction of sp³-hybridized carbons (Fsp3) is 0.267. The largest absolute Gasteiger partial charge is 0.383 e. The summed E-state index contributed by atoms with van der Waals surface area (Å²) in [6, 6.07) is 5.28. The first-order chi connectivity index (χ1) is 10.2. The maximum atomic E-state index is 12.0. The van der Waals surface area contributed by atoms with Crippen molar-refractivity contribution in [3.63, 3.8) is 0 Å². The average Bonchev–Trinajstić information content (AvgIpc) is 2.97. The molecule has 3 rings (SSSR count). The van der Waals surface area contributed by atoms with E-state index in [1.165, 1.54) is 0 Å². The molecule has 21 heavy (non-hydrogen) atoms. The molecule has 1 atom stereocenters. The highest BCUT2D eigenvalue weighted by atomic mass is 32.2. The Kier molecular flexibility index (Phi) is 3.90. The van der Waals surface area contributed by atoms with Crippen LogP contribution >= 0.6 is 11.8 Å². The molecule has 0 spiro atoms. The van der Waals surface area contributed by atoms with Crippen LogP contribution in [-0.2, 0) is 9.53 Å². The van der Waals surface area contributed by atoms with Gasteiger partial charge in [-0.25, -0.2) is 4.99 Å². The number of nitrogens with zero attached hydrogens (tertiary/aromatic N) is 1. The van der Waals surface area contributed by atoms with Crippen molar-refractivity contribution in [2.24, 2.45) is 10.9 Å². The van der Waals surface area contributed by atoms with Crippen LogP contribution in [0.2, 0.25) is 0 Å². The van der Waals surface area contributed by atoms with Crippen molar-refractivity contribution >= 4 is 28.5 Å². The minimum Gasteiger partial charge on any atom is -0.383 e. The minimum absolute atomic E-state index is 0.171. The molecule has 1 aromatic carbocycles. The zero-order chi connectivity index (χ0) is 14.8. The smallest absolute Gasteiger partial charge is 0.258 e. The molecule has 0 radical (unpaired) electrons. The van der Waals surface area contributed by atoms with E-state index < -0.39 is 0 Å². The van der Waals surface area contributed by atoms with Crippen LogP contribution < -0.4 is 15.9 Å². The number of hydrogen-bond acceptors (Lipinski definition) is 4. The molecule has 0 bridgehead atoms. The summed E-state index contributed by atoms with van der Waals surface area (Å²) in [5, 5.41) is 6.16. The second kappa shape index (κ2) is 5.83. The lowest BCUT2D eigenvalue weighted by atomic mass is 10.0. The molecule has 0 aromatic heterocycles. The van der Waals surface area contributed by atoms with Crippen molar-refractivity contribution < 1.29 is 14.3 Å². The summed E-state index contributed by atoms with van der Waals surface area (Å²) in [7, 11) is 1.58. The van der Waals surface area contributed by atoms with E-state index in [2.05, 4.69) is 10.3 Å². The number of thioether (sulfide) groups is 1. The average molecular weight is 302 g/mol. The van der Waals surface area contributed by atoms with Crippen LogP contribution in [0.15, 0.2) is 34.7 Å². The van der Waals surface area contributed by atoms with Gasteiger partial charge in [-0.2, -0.15) is 0 Å². The lowest BCUT2D eigenvalue weighted by molar-refractivity contribution is -0.119. The summed E-state index contributed by atoms with van der Waals surface area (Å²) in [5.41, 5.74) is 0.497. The lowest BCUT2D eigenvalue weighted by Gasteiger charge is -2.12. The van der Waals surface area contributed by atoms with Crippen LogP contribution in [0.5, 0.6) is 0 Å². The number of benzene rings is 1. The first kappa shape index (κ1) is 14.0. The molecule has 2 aliphatic rings. The van der Waals surface area contributed by atoms with Crippen LogP contribution in [0.25, 0.3) is 4.91 Å². The van der Waals surface area contributed by atoms with Gasteiger partial charge in [-0.15, -0.1) is 11.8 Å². The molecular weight excluding hydrogens is 288 g/mol. The Morgan fingerprint density at radius 1 is 1.48 bits per heavy atom. The maximum Gasteiger partial charge on any atom is 0.258 e. The van der Waals surface area contributed by atoms with E-state index in [1.807, 2.05) is 17.6 Å². The summed E-state index contributed by atoms with van der Waals surface area (Å²) in [4.78, 5) is 29.1. The quantitative estimate of drug-likeness (QED) is 0.807. The Hall–Kier alpha value is -1.92. The third-order valence-corrected chi connectivity index (χ3v) is 4.38. The number of ether oxygens (including phenoxy) is 1. The topological polar surface area (TPSA) is 67.8 Å². The first-order valence-corrected chi connectivity index (χ1v) is 7.46. The number of nitrogens with one attached hydrogen (secondary N) is 1. The molecule has 2 amide bonds. The molecule has 0 saturated heterocycles. The standard InChI is InChI=1S/C15H14N2O3S/c1-20-6-5-16-14(18)9-2-3-10-12(8-9)17-15(19)11-4-7-21-13(10)11/h2-4,7-8,11H,5-6H2,1H3,(H,16,18). The van der Waals surface area contributed by atoms with Crippen molar-refractivity contribution in [2.75, 3.05) is 20.3 Å². The second-order valence-corrected chi connectivity index (χ2v) is 5.67. The van der Waals surface area contributed by atoms with E-state index in [0.717, 1.165) is 10.1 Å². The normalized spacial score (nSPS) is 19.0. The van der Waals surface area contributed by atoms with E-state index in [-0.39, 0.29) is 17.7 Å². The third-order valence-electron chi connectivity index (χ3n) is 3.36. The van der Waals surface area contributed by atoms with Crippen molar-refractivity contribution in [1.29, 1.82) is 0 Å². The molecule has 6 heteroatoms. The fourth-order valence-corrected chi connectivity index (χ4v) is 3.32. The zero-order valence-electron chi connectivity index (χ0n) is 11.5. The molecule has 2 heterocycles. The number of fused-ring (bicyclic) bond motifs is 2. The van der Waals surface area contributed by atoms with E-state index in [1.54, 1.807) is 31.0 Å². The van der Waals surface area contributed by atoms with Gasteiger partial charge in [0.05, 0.1) is 17.9 Å². The van der Waals surface area contributed by atoms with Gasteiger partial charge in [-0.05, 0) is 17.5 Å². The molecule has 5 nitrogen and oxygen atoms in total. The monoisotopic (exact) mass is 302 g/mol. The minimum atomic E-state index is -0.246. The highest BCUT2D eigenvalue weighted by Crippen LogP contribution is 2.35. The molecule has 108 valence electrons. The molecule has 1 N–H and O–H groups in total.